The lowest BCUT2D eigenvalue weighted by atomic mass is 9.93. The largest absolute Gasteiger partial charge is 0.478 e. The highest BCUT2D eigenvalue weighted by molar-refractivity contribution is 9.10. The summed E-state index contributed by atoms with van der Waals surface area (Å²) in [5.41, 5.74) is 1.36. The Morgan fingerprint density at radius 3 is 2.58 bits per heavy atom. The summed E-state index contributed by atoms with van der Waals surface area (Å²) in [7, 11) is 0. The molecule has 2 rings (SSSR count). The highest BCUT2D eigenvalue weighted by Crippen LogP contribution is 2.30. The minimum Gasteiger partial charge on any atom is -0.478 e. The van der Waals surface area contributed by atoms with Gasteiger partial charge in [-0.2, -0.15) is 0 Å². The molecular formula is C15H20BrNO2. The first-order valence-corrected chi connectivity index (χ1v) is 7.71. The number of anilines is 1. The van der Waals surface area contributed by atoms with E-state index in [1.54, 1.807) is 12.1 Å². The highest BCUT2D eigenvalue weighted by atomic mass is 79.9. The lowest BCUT2D eigenvalue weighted by molar-refractivity contribution is 0.0697. The van der Waals surface area contributed by atoms with Gasteiger partial charge in [0.05, 0.1) is 5.56 Å². The van der Waals surface area contributed by atoms with Crippen LogP contribution in [0.1, 0.15) is 49.4 Å². The molecule has 3 nitrogen and oxygen atoms in total. The fourth-order valence-corrected chi connectivity index (χ4v) is 3.39. The third-order valence-electron chi connectivity index (χ3n) is 3.82. The third-order valence-corrected chi connectivity index (χ3v) is 4.28. The van der Waals surface area contributed by atoms with Crippen LogP contribution in [-0.4, -0.2) is 23.7 Å². The van der Waals surface area contributed by atoms with Crippen LogP contribution in [0, 0.1) is 0 Å². The monoisotopic (exact) mass is 325 g/mol. The predicted molar refractivity (Wildman–Crippen MR) is 81.0 cm³/mol. The van der Waals surface area contributed by atoms with E-state index in [-0.39, 0.29) is 0 Å². The number of nitrogens with zero attached hydrogens (tertiary/aromatic N) is 1. The molecule has 0 saturated heterocycles. The molecule has 1 N–H and O–H groups in total. The van der Waals surface area contributed by atoms with E-state index in [2.05, 4.69) is 27.8 Å². The van der Waals surface area contributed by atoms with Crippen LogP contribution in [0.2, 0.25) is 0 Å². The number of carbonyl (C=O) groups is 1. The predicted octanol–water partition coefficient (Wildman–Crippen LogP) is 4.31. The maximum absolute atomic E-state index is 11.2. The van der Waals surface area contributed by atoms with Gasteiger partial charge in [0.25, 0.3) is 0 Å². The normalized spacial score (nSPS) is 16.3. The van der Waals surface area contributed by atoms with Gasteiger partial charge < -0.3 is 10.0 Å². The maximum atomic E-state index is 11.2. The van der Waals surface area contributed by atoms with E-state index in [0.717, 1.165) is 16.7 Å². The summed E-state index contributed by atoms with van der Waals surface area (Å²) in [5, 5.41) is 9.16. The number of aromatic carboxylic acids is 1. The Morgan fingerprint density at radius 1 is 1.32 bits per heavy atom. The summed E-state index contributed by atoms with van der Waals surface area (Å²) in [4.78, 5) is 13.5. The van der Waals surface area contributed by atoms with Crippen LogP contribution in [-0.2, 0) is 0 Å². The number of benzene rings is 1. The highest BCUT2D eigenvalue weighted by Gasteiger charge is 2.21. The topological polar surface area (TPSA) is 40.5 Å². The summed E-state index contributed by atoms with van der Waals surface area (Å²) in [6.45, 7) is 3.05. The Hall–Kier alpha value is -1.03. The van der Waals surface area contributed by atoms with Crippen molar-refractivity contribution in [3.8, 4) is 0 Å². The maximum Gasteiger partial charge on any atom is 0.335 e. The standard InChI is InChI=1S/C15H20BrNO2/c1-2-17(13-6-4-3-5-7-13)14-9-11(15(18)19)8-12(16)10-14/h8-10,13H,2-7H2,1H3,(H,18,19). The smallest absolute Gasteiger partial charge is 0.335 e. The molecule has 1 fully saturated rings. The van der Waals surface area contributed by atoms with Crippen LogP contribution in [0.5, 0.6) is 0 Å². The Kier molecular flexibility index (Phi) is 4.86. The summed E-state index contributed by atoms with van der Waals surface area (Å²) in [6, 6.07) is 6.01. The molecule has 0 heterocycles. The van der Waals surface area contributed by atoms with Crippen LogP contribution in [0.4, 0.5) is 5.69 Å². The average molecular weight is 326 g/mol. The van der Waals surface area contributed by atoms with Gasteiger partial charge in [-0.3, -0.25) is 0 Å². The number of carboxylic acids is 1. The average Bonchev–Trinajstić information content (AvgIpc) is 2.40. The molecule has 0 aromatic heterocycles. The first-order chi connectivity index (χ1) is 9.11. The Bertz CT molecular complexity index is 455. The van der Waals surface area contributed by atoms with Crippen LogP contribution < -0.4 is 4.90 Å². The van der Waals surface area contributed by atoms with E-state index >= 15 is 0 Å². The van der Waals surface area contributed by atoms with Gasteiger partial charge in [0.2, 0.25) is 0 Å². The van der Waals surface area contributed by atoms with E-state index in [9.17, 15) is 4.79 Å². The molecule has 1 aromatic carbocycles. The summed E-state index contributed by atoms with van der Waals surface area (Å²) < 4.78 is 0.830. The van der Waals surface area contributed by atoms with Crippen LogP contribution in [0.15, 0.2) is 22.7 Å². The van der Waals surface area contributed by atoms with Crippen molar-refractivity contribution in [2.75, 3.05) is 11.4 Å². The molecule has 0 aliphatic heterocycles. The zero-order chi connectivity index (χ0) is 13.8. The summed E-state index contributed by atoms with van der Waals surface area (Å²) in [6.07, 6.45) is 6.31. The Labute approximate surface area is 122 Å². The molecule has 1 aliphatic rings. The zero-order valence-corrected chi connectivity index (χ0v) is 12.8. The Balaban J connectivity index is 2.28. The molecule has 1 saturated carbocycles. The molecular weight excluding hydrogens is 306 g/mol. The van der Waals surface area contributed by atoms with Crippen molar-refractivity contribution in [2.45, 2.75) is 45.1 Å². The minimum atomic E-state index is -0.873. The number of hydrogen-bond acceptors (Lipinski definition) is 2. The van der Waals surface area contributed by atoms with Crippen molar-refractivity contribution < 1.29 is 9.90 Å². The Morgan fingerprint density at radius 2 is 2.00 bits per heavy atom. The van der Waals surface area contributed by atoms with Gasteiger partial charge in [-0.1, -0.05) is 35.2 Å². The molecule has 0 bridgehead atoms. The van der Waals surface area contributed by atoms with Crippen molar-refractivity contribution in [3.63, 3.8) is 0 Å². The van der Waals surface area contributed by atoms with Gasteiger partial charge in [-0.05, 0) is 38.0 Å². The van der Waals surface area contributed by atoms with E-state index in [4.69, 9.17) is 5.11 Å². The van der Waals surface area contributed by atoms with Crippen molar-refractivity contribution in [1.29, 1.82) is 0 Å². The van der Waals surface area contributed by atoms with Crippen molar-refractivity contribution in [2.24, 2.45) is 0 Å². The van der Waals surface area contributed by atoms with Gasteiger partial charge >= 0.3 is 5.97 Å². The third kappa shape index (κ3) is 3.50. The SMILES string of the molecule is CCN(c1cc(Br)cc(C(=O)O)c1)C1CCCCC1. The van der Waals surface area contributed by atoms with E-state index in [0.29, 0.717) is 11.6 Å². The van der Waals surface area contributed by atoms with Gasteiger partial charge in [0, 0.05) is 22.7 Å². The van der Waals surface area contributed by atoms with Crippen LogP contribution >= 0.6 is 15.9 Å². The molecule has 0 radical (unpaired) electrons. The summed E-state index contributed by atoms with van der Waals surface area (Å²) >= 11 is 3.41. The zero-order valence-electron chi connectivity index (χ0n) is 11.2. The molecule has 0 amide bonds. The molecule has 19 heavy (non-hydrogen) atoms. The number of hydrogen-bond donors (Lipinski definition) is 1. The molecule has 0 spiro atoms. The number of carboxylic acid groups (broad SMARTS) is 1. The van der Waals surface area contributed by atoms with Crippen molar-refractivity contribution in [3.05, 3.63) is 28.2 Å². The van der Waals surface area contributed by atoms with E-state index in [1.807, 2.05) is 6.07 Å². The summed E-state index contributed by atoms with van der Waals surface area (Å²) in [5.74, 6) is -0.873. The first kappa shape index (κ1) is 14.4. The van der Waals surface area contributed by atoms with E-state index < -0.39 is 5.97 Å². The fraction of sp³-hybridized carbons (Fsp3) is 0.533. The van der Waals surface area contributed by atoms with E-state index in [1.165, 1.54) is 32.1 Å². The van der Waals surface area contributed by atoms with Gasteiger partial charge in [-0.15, -0.1) is 0 Å². The molecule has 1 aromatic rings. The van der Waals surface area contributed by atoms with Crippen molar-refractivity contribution >= 4 is 27.6 Å². The molecule has 104 valence electrons. The molecule has 1 aliphatic carbocycles. The van der Waals surface area contributed by atoms with Gasteiger partial charge in [0.1, 0.15) is 0 Å². The molecule has 4 heteroatoms. The second-order valence-electron chi connectivity index (χ2n) is 5.08. The van der Waals surface area contributed by atoms with Gasteiger partial charge in [0.15, 0.2) is 0 Å². The molecule has 0 atom stereocenters. The van der Waals surface area contributed by atoms with Crippen LogP contribution in [0.3, 0.4) is 0 Å². The van der Waals surface area contributed by atoms with Crippen molar-refractivity contribution in [1.82, 2.24) is 0 Å². The second-order valence-corrected chi connectivity index (χ2v) is 6.00. The fourth-order valence-electron chi connectivity index (χ4n) is 2.91. The first-order valence-electron chi connectivity index (χ1n) is 6.92. The lowest BCUT2D eigenvalue weighted by Crippen LogP contribution is -2.36. The molecule has 0 unspecified atom stereocenters. The number of halogens is 1. The second kappa shape index (κ2) is 6.42. The number of rotatable bonds is 4. The minimum absolute atomic E-state index is 0.346. The van der Waals surface area contributed by atoms with Crippen LogP contribution in [0.25, 0.3) is 0 Å². The lowest BCUT2D eigenvalue weighted by Gasteiger charge is -2.35. The van der Waals surface area contributed by atoms with Gasteiger partial charge in [-0.25, -0.2) is 4.79 Å². The quantitative estimate of drug-likeness (QED) is 0.896.